The zero-order valence-electron chi connectivity index (χ0n) is 1.96. The maximum absolute atomic E-state index is 9.82. The molecule has 0 saturated carbocycles. The fourth-order valence-electron chi connectivity index (χ4n) is 0. The van der Waals surface area contributed by atoms with Crippen LogP contribution in [-0.4, -0.2) is 49.4 Å². The van der Waals surface area contributed by atoms with Gasteiger partial charge in [0.05, 0.1) is 0 Å². The fraction of sp³-hybridized carbons (Fsp3) is 0. The van der Waals surface area contributed by atoms with Crippen molar-refractivity contribution >= 4 is 49.4 Å². The second-order valence-electron chi connectivity index (χ2n) is 0.0714. The van der Waals surface area contributed by atoms with E-state index in [2.05, 4.69) is 0 Å². The van der Waals surface area contributed by atoms with Crippen molar-refractivity contribution in [3.05, 3.63) is 0 Å². The summed E-state index contributed by atoms with van der Waals surface area (Å²) in [6.45, 7) is 0. The molecule has 0 aromatic rings. The summed E-state index contributed by atoms with van der Waals surface area (Å²) in [6.07, 6.45) is 0. The predicted molar refractivity (Wildman–Crippen MR) is 16.5 cm³/mol. The van der Waals surface area contributed by atoms with Crippen LogP contribution in [0.1, 0.15) is 0 Å². The molecule has 0 aromatic heterocycles. The van der Waals surface area contributed by atoms with E-state index >= 15 is 0 Å². The van der Waals surface area contributed by atoms with Gasteiger partial charge in [-0.05, 0) is 0 Å². The molecule has 0 atom stereocenters. The van der Waals surface area contributed by atoms with Gasteiger partial charge in [-0.15, -0.1) is 0 Å². The molecule has 0 fully saturated rings. The molecule has 4 heavy (non-hydrogen) atoms. The van der Waals surface area contributed by atoms with E-state index in [1.165, 1.54) is 0 Å². The first kappa shape index (κ1) is 9.13. The second kappa shape index (κ2) is 8.82. The molecule has 0 rings (SSSR count). The Morgan fingerprint density at radius 1 is 1.25 bits per heavy atom. The van der Waals surface area contributed by atoms with E-state index in [0.29, 0.717) is 0 Å². The summed E-state index contributed by atoms with van der Waals surface area (Å²) in [6, 6.07) is 0. The number of halogens is 2. The summed E-state index contributed by atoms with van der Waals surface area (Å²) in [5.41, 5.74) is 0. The van der Waals surface area contributed by atoms with Gasteiger partial charge in [-0.2, -0.15) is 0 Å². The first-order chi connectivity index (χ1) is 1.41. The van der Waals surface area contributed by atoms with Crippen molar-refractivity contribution in [1.82, 2.24) is 0 Å². The van der Waals surface area contributed by atoms with Crippen molar-refractivity contribution in [2.24, 2.45) is 0 Å². The van der Waals surface area contributed by atoms with Crippen LogP contribution in [0.4, 0.5) is 5.02 Å². The molecule has 0 amide bonds. The van der Waals surface area contributed by atoms with Gasteiger partial charge in [0.25, 0.3) is 0 Å². The van der Waals surface area contributed by atoms with Crippen molar-refractivity contribution in [1.29, 1.82) is 0 Å². The average molecular weight is 366 g/mol. The summed E-state index contributed by atoms with van der Waals surface area (Å²) >= 11 is -2.92. The van der Waals surface area contributed by atoms with E-state index in [-0.39, 0.29) is 23.9 Å². The fourth-order valence-corrected chi connectivity index (χ4v) is 0. The molecule has 0 bridgehead atoms. The molecule has 0 unspecified atom stereocenters. The molecule has 4 heteroatoms. The summed E-state index contributed by atoms with van der Waals surface area (Å²) < 4.78 is 19.6. The minimum absolute atomic E-state index is 0. The molecule has 0 aromatic carbocycles. The van der Waals surface area contributed by atoms with Crippen LogP contribution in [0.25, 0.3) is 0 Å². The van der Waals surface area contributed by atoms with E-state index in [9.17, 15) is 5.02 Å². The van der Waals surface area contributed by atoms with Crippen LogP contribution >= 0.6 is 0 Å². The molecule has 0 aliphatic rings. The van der Waals surface area contributed by atoms with Gasteiger partial charge in [0, 0.05) is 0 Å². The Morgan fingerprint density at radius 2 is 1.25 bits per heavy atom. The molecule has 4 radical (unpaired) electrons. The normalized spacial score (nSPS) is 4.50. The third-order valence-electron chi connectivity index (χ3n) is 0. The Labute approximate surface area is 54.0 Å². The number of hydrogen-bond acceptors (Lipinski definition) is 0. The predicted octanol–water partition coefficient (Wildman–Crippen LogP) is -0.457. The molecule has 0 spiro atoms. The van der Waals surface area contributed by atoms with Gasteiger partial charge in [0.1, 0.15) is 0 Å². The van der Waals surface area contributed by atoms with Gasteiger partial charge < -0.3 is 0 Å². The van der Waals surface area contributed by atoms with Crippen LogP contribution in [0.3, 0.4) is 0 Å². The van der Waals surface area contributed by atoms with E-state index in [0.717, 1.165) is 0 Å². The van der Waals surface area contributed by atoms with Crippen molar-refractivity contribution in [2.75, 3.05) is 0 Å². The Hall–Kier alpha value is 1.58. The Bertz CT molecular complexity index is 6.00. The van der Waals surface area contributed by atoms with E-state index in [4.69, 9.17) is 0 Å². The monoisotopic (exact) mass is 368 g/mol. The van der Waals surface area contributed by atoms with Crippen molar-refractivity contribution in [2.45, 2.75) is 0 Å². The van der Waals surface area contributed by atoms with Gasteiger partial charge in [-0.1, -0.05) is 0 Å². The molecular formula is H2F2PbSn. The maximum atomic E-state index is 9.82. The summed E-state index contributed by atoms with van der Waals surface area (Å²) in [7, 11) is 0. The summed E-state index contributed by atoms with van der Waals surface area (Å²) in [5, 5.41) is 0. The molecule has 0 N–H and O–H groups in total. The molecule has 24 valence electrons. The van der Waals surface area contributed by atoms with Gasteiger partial charge >= 0.3 is 54.4 Å². The van der Waals surface area contributed by atoms with Gasteiger partial charge in [0.15, 0.2) is 0 Å². The SMILES string of the molecule is [F][Pb][F].[SnH2]. The topological polar surface area (TPSA) is 0 Å². The molecule has 0 aliphatic heterocycles. The van der Waals surface area contributed by atoms with Crippen molar-refractivity contribution in [3.8, 4) is 0 Å². The molecular weight excluding hydrogens is 364 g/mol. The van der Waals surface area contributed by atoms with Crippen molar-refractivity contribution < 1.29 is 5.02 Å². The van der Waals surface area contributed by atoms with Gasteiger partial charge in [-0.25, -0.2) is 0 Å². The first-order valence-electron chi connectivity index (χ1n) is 0.378. The molecule has 0 aliphatic carbocycles. The van der Waals surface area contributed by atoms with Crippen LogP contribution in [0.2, 0.25) is 0 Å². The third kappa shape index (κ3) is 9.54. The minimum atomic E-state index is -2.92. The number of rotatable bonds is 0. The zero-order chi connectivity index (χ0) is 2.71. The van der Waals surface area contributed by atoms with Crippen LogP contribution in [-0.2, 0) is 0 Å². The number of hydrogen-bond donors (Lipinski definition) is 0. The quantitative estimate of drug-likeness (QED) is 0.510. The summed E-state index contributed by atoms with van der Waals surface area (Å²) in [4.78, 5) is 0. The Morgan fingerprint density at radius 3 is 1.25 bits per heavy atom. The molecule has 0 saturated heterocycles. The van der Waals surface area contributed by atoms with Crippen LogP contribution < -0.4 is 0 Å². The van der Waals surface area contributed by atoms with Crippen LogP contribution in [0, 0.1) is 0 Å². The Kier molecular flexibility index (Phi) is 20.1. The van der Waals surface area contributed by atoms with Crippen LogP contribution in [0.15, 0.2) is 0 Å². The second-order valence-corrected chi connectivity index (χ2v) is 0.627. The van der Waals surface area contributed by atoms with E-state index in [1.807, 2.05) is 0 Å². The average Bonchev–Trinajstić information content (AvgIpc) is 0.918. The standard InChI is InChI=1S/2FH.Pb.Sn.2H/h2*1H;;;;/q;;+2;;;/p-2. The third-order valence-corrected chi connectivity index (χ3v) is 0. The zero-order valence-corrected chi connectivity index (χ0v) is 9.89. The van der Waals surface area contributed by atoms with Gasteiger partial charge in [-0.3, -0.25) is 0 Å². The van der Waals surface area contributed by atoms with E-state index in [1.54, 1.807) is 0 Å². The van der Waals surface area contributed by atoms with E-state index < -0.39 is 25.5 Å². The molecule has 0 heterocycles. The van der Waals surface area contributed by atoms with Crippen LogP contribution in [0.5, 0.6) is 0 Å². The van der Waals surface area contributed by atoms with Gasteiger partial charge in [0.2, 0.25) is 0 Å². The molecule has 0 nitrogen and oxygen atoms in total. The summed E-state index contributed by atoms with van der Waals surface area (Å²) in [5.74, 6) is 0. The Balaban J connectivity index is 0. The first-order valence-corrected chi connectivity index (χ1v) is 3.32. The van der Waals surface area contributed by atoms with Crippen molar-refractivity contribution in [3.63, 3.8) is 0 Å².